The van der Waals surface area contributed by atoms with Gasteiger partial charge in [-0.25, -0.2) is 4.39 Å². The zero-order valence-corrected chi connectivity index (χ0v) is 25.1. The number of aryl methyl sites for hydroxylation is 1. The number of rotatable bonds is 11. The second kappa shape index (κ2) is 16.0. The number of carbonyl (C=O) groups excluding carboxylic acids is 1. The van der Waals surface area contributed by atoms with Gasteiger partial charge in [-0.15, -0.1) is 0 Å². The molecule has 5 N–H and O–H groups in total. The summed E-state index contributed by atoms with van der Waals surface area (Å²) in [5, 5.41) is 21.0. The van der Waals surface area contributed by atoms with E-state index in [-0.39, 0.29) is 23.1 Å². The Bertz CT molecular complexity index is 1610. The first-order valence-electron chi connectivity index (χ1n) is 13.8. The molecule has 0 spiro atoms. The van der Waals surface area contributed by atoms with E-state index in [0.717, 1.165) is 29.1 Å². The summed E-state index contributed by atoms with van der Waals surface area (Å²) >= 11 is 6.25. The van der Waals surface area contributed by atoms with Crippen LogP contribution in [0.25, 0.3) is 10.9 Å². The lowest BCUT2D eigenvalue weighted by molar-refractivity contribution is -0.131. The molecule has 0 aliphatic heterocycles. The number of hydrogen-bond donors (Lipinski definition) is 4. The van der Waals surface area contributed by atoms with Crippen molar-refractivity contribution in [2.24, 2.45) is 5.73 Å². The maximum absolute atomic E-state index is 12.3. The SMILES string of the molecule is CC(=O)Oc1ccc(F)cc1.CCCc1c(C(C)c2ccc(OCCN/C=C(/C#N)C(=N)N)cc2)[nH]c2ccc(Cl)cc12. The normalized spacial score (nSPS) is 11.6. The lowest BCUT2D eigenvalue weighted by Crippen LogP contribution is -2.19. The van der Waals surface area contributed by atoms with Gasteiger partial charge in [0.15, 0.2) is 0 Å². The number of hydrogen-bond acceptors (Lipinski definition) is 6. The Morgan fingerprint density at radius 2 is 1.84 bits per heavy atom. The van der Waals surface area contributed by atoms with Crippen LogP contribution in [-0.4, -0.2) is 29.9 Å². The molecule has 1 heterocycles. The average Bonchev–Trinajstić information content (AvgIpc) is 3.33. The fourth-order valence-corrected chi connectivity index (χ4v) is 4.56. The van der Waals surface area contributed by atoms with Crippen LogP contribution in [0.2, 0.25) is 5.02 Å². The van der Waals surface area contributed by atoms with Crippen LogP contribution in [0.3, 0.4) is 0 Å². The molecule has 10 heteroatoms. The van der Waals surface area contributed by atoms with E-state index >= 15 is 0 Å². The van der Waals surface area contributed by atoms with Crippen LogP contribution < -0.4 is 20.5 Å². The van der Waals surface area contributed by atoms with Gasteiger partial charge in [0.2, 0.25) is 0 Å². The Kier molecular flexibility index (Phi) is 12.2. The quantitative estimate of drug-likeness (QED) is 0.0364. The number of fused-ring (bicyclic) bond motifs is 1. The minimum atomic E-state index is -0.406. The molecular formula is C33H35ClFN5O3. The standard InChI is InChI=1S/C25H28ClN5O.C8H7FO2/c1-3-4-21-22-13-19(26)7-10-23(22)31-24(21)16(2)17-5-8-20(9-6-17)32-12-11-30-15-18(14-27)25(28)29;1-6(10)11-8-4-2-7(9)3-5-8/h5-10,13,15-16,30-31H,3-4,11-12H2,1-2H3,(H3,28,29);2-5H,1H3/b18-15-;. The maximum Gasteiger partial charge on any atom is 0.308 e. The van der Waals surface area contributed by atoms with Crippen LogP contribution in [0.5, 0.6) is 11.5 Å². The van der Waals surface area contributed by atoms with E-state index in [9.17, 15) is 9.18 Å². The van der Waals surface area contributed by atoms with Crippen molar-refractivity contribution < 1.29 is 18.7 Å². The van der Waals surface area contributed by atoms with Crippen LogP contribution in [0.1, 0.15) is 49.9 Å². The monoisotopic (exact) mass is 603 g/mol. The van der Waals surface area contributed by atoms with Gasteiger partial charge >= 0.3 is 5.97 Å². The molecule has 224 valence electrons. The Morgan fingerprint density at radius 3 is 2.44 bits per heavy atom. The van der Waals surface area contributed by atoms with Gasteiger partial charge in [-0.2, -0.15) is 5.26 Å². The Balaban J connectivity index is 0.000000386. The largest absolute Gasteiger partial charge is 0.492 e. The summed E-state index contributed by atoms with van der Waals surface area (Å²) < 4.78 is 22.7. The molecule has 4 aromatic rings. The van der Waals surface area contributed by atoms with Gasteiger partial charge in [-0.3, -0.25) is 10.2 Å². The number of ether oxygens (including phenoxy) is 2. The van der Waals surface area contributed by atoms with Gasteiger partial charge in [0.1, 0.15) is 41.4 Å². The van der Waals surface area contributed by atoms with Crippen molar-refractivity contribution in [3.63, 3.8) is 0 Å². The van der Waals surface area contributed by atoms with E-state index in [1.807, 2.05) is 36.4 Å². The zero-order valence-electron chi connectivity index (χ0n) is 24.3. The summed E-state index contributed by atoms with van der Waals surface area (Å²) in [4.78, 5) is 14.0. The summed E-state index contributed by atoms with van der Waals surface area (Å²) in [6.45, 7) is 6.61. The van der Waals surface area contributed by atoms with Crippen molar-refractivity contribution in [2.45, 2.75) is 39.5 Å². The number of halogens is 2. The topological polar surface area (TPSA) is 137 Å². The highest BCUT2D eigenvalue weighted by Crippen LogP contribution is 2.34. The van der Waals surface area contributed by atoms with E-state index in [4.69, 9.17) is 32.7 Å². The smallest absolute Gasteiger partial charge is 0.308 e. The fourth-order valence-electron chi connectivity index (χ4n) is 4.39. The van der Waals surface area contributed by atoms with Gasteiger partial charge < -0.3 is 25.5 Å². The second-order valence-corrected chi connectivity index (χ2v) is 10.1. The number of nitrogens with one attached hydrogen (secondary N) is 3. The van der Waals surface area contributed by atoms with Crippen LogP contribution in [-0.2, 0) is 11.2 Å². The van der Waals surface area contributed by atoms with Crippen molar-refractivity contribution in [1.82, 2.24) is 10.3 Å². The Hall–Kier alpha value is -4.81. The Labute approximate surface area is 255 Å². The molecule has 4 rings (SSSR count). The van der Waals surface area contributed by atoms with Gasteiger partial charge in [0.05, 0.1) is 0 Å². The number of aromatic amines is 1. The van der Waals surface area contributed by atoms with Crippen LogP contribution in [0.15, 0.2) is 78.5 Å². The molecule has 8 nitrogen and oxygen atoms in total. The van der Waals surface area contributed by atoms with E-state index < -0.39 is 5.97 Å². The summed E-state index contributed by atoms with van der Waals surface area (Å²) in [6, 6.07) is 21.3. The predicted molar refractivity (Wildman–Crippen MR) is 168 cm³/mol. The zero-order chi connectivity index (χ0) is 31.4. The molecule has 1 unspecified atom stereocenters. The van der Waals surface area contributed by atoms with E-state index in [2.05, 4.69) is 41.0 Å². The minimum absolute atomic E-state index is 0.102. The van der Waals surface area contributed by atoms with Gasteiger partial charge in [-0.1, -0.05) is 44.0 Å². The molecule has 1 atom stereocenters. The lowest BCUT2D eigenvalue weighted by atomic mass is 9.93. The molecule has 3 aromatic carbocycles. The summed E-state index contributed by atoms with van der Waals surface area (Å²) in [7, 11) is 0. The fraction of sp³-hybridized carbons (Fsp3) is 0.242. The molecule has 43 heavy (non-hydrogen) atoms. The van der Waals surface area contributed by atoms with Crippen molar-refractivity contribution in [3.8, 4) is 17.6 Å². The number of benzene rings is 3. The maximum atomic E-state index is 12.3. The highest BCUT2D eigenvalue weighted by atomic mass is 35.5. The molecule has 0 radical (unpaired) electrons. The number of nitrogens with two attached hydrogens (primary N) is 1. The number of amidine groups is 1. The second-order valence-electron chi connectivity index (χ2n) is 9.68. The average molecular weight is 604 g/mol. The third-order valence-electron chi connectivity index (χ3n) is 6.46. The molecule has 0 amide bonds. The summed E-state index contributed by atoms with van der Waals surface area (Å²) in [5.41, 5.74) is 10.3. The molecule has 0 bridgehead atoms. The van der Waals surface area contributed by atoms with E-state index in [1.165, 1.54) is 59.6 Å². The van der Waals surface area contributed by atoms with Crippen molar-refractivity contribution >= 4 is 34.3 Å². The number of H-pyrrole nitrogens is 1. The van der Waals surface area contributed by atoms with Gasteiger partial charge in [0, 0.05) is 47.2 Å². The van der Waals surface area contributed by atoms with Crippen molar-refractivity contribution in [2.75, 3.05) is 13.2 Å². The molecule has 0 aliphatic rings. The number of esters is 1. The molecule has 0 saturated carbocycles. The molecule has 0 aliphatic carbocycles. The third-order valence-corrected chi connectivity index (χ3v) is 6.70. The number of carbonyl (C=O) groups is 1. The summed E-state index contributed by atoms with van der Waals surface area (Å²) in [6.07, 6.45) is 3.50. The highest BCUT2D eigenvalue weighted by Gasteiger charge is 2.18. The van der Waals surface area contributed by atoms with Crippen LogP contribution >= 0.6 is 11.6 Å². The summed E-state index contributed by atoms with van der Waals surface area (Å²) in [5.74, 6) is 0.331. The minimum Gasteiger partial charge on any atom is -0.492 e. The van der Waals surface area contributed by atoms with E-state index in [1.54, 1.807) is 0 Å². The number of nitrogens with zero attached hydrogens (tertiary/aromatic N) is 1. The lowest BCUT2D eigenvalue weighted by Gasteiger charge is -2.14. The van der Waals surface area contributed by atoms with Crippen LogP contribution in [0, 0.1) is 22.6 Å². The molecule has 1 aromatic heterocycles. The first-order valence-corrected chi connectivity index (χ1v) is 14.2. The number of nitriles is 1. The van der Waals surface area contributed by atoms with Gasteiger partial charge in [-0.05, 0) is 72.1 Å². The van der Waals surface area contributed by atoms with E-state index in [0.29, 0.717) is 18.9 Å². The van der Waals surface area contributed by atoms with Crippen LogP contribution in [0.4, 0.5) is 4.39 Å². The predicted octanol–water partition coefficient (Wildman–Crippen LogP) is 6.99. The first-order chi connectivity index (χ1) is 20.6. The molecule has 0 saturated heterocycles. The molecular weight excluding hydrogens is 569 g/mol. The Morgan fingerprint density at radius 1 is 1.16 bits per heavy atom. The third kappa shape index (κ3) is 9.62. The molecule has 0 fully saturated rings. The highest BCUT2D eigenvalue weighted by molar-refractivity contribution is 6.31. The number of aromatic nitrogens is 1. The van der Waals surface area contributed by atoms with Gasteiger partial charge in [0.25, 0.3) is 0 Å². The first kappa shape index (κ1) is 32.7. The van der Waals surface area contributed by atoms with Crippen molar-refractivity contribution in [1.29, 1.82) is 10.7 Å². The van der Waals surface area contributed by atoms with Crippen molar-refractivity contribution in [3.05, 3.63) is 106 Å².